The number of carbonyl (C=O) groups excluding carboxylic acids is 1. The van der Waals surface area contributed by atoms with Crippen molar-refractivity contribution in [1.29, 1.82) is 0 Å². The van der Waals surface area contributed by atoms with Gasteiger partial charge in [-0.15, -0.1) is 11.3 Å². The smallest absolute Gasteiger partial charge is 0.412 e. The first kappa shape index (κ1) is 15.0. The van der Waals surface area contributed by atoms with Crippen LogP contribution in [-0.4, -0.2) is 11.7 Å². The van der Waals surface area contributed by atoms with E-state index in [1.165, 1.54) is 24.1 Å². The molecule has 1 amide bonds. The monoisotopic (exact) mass is 269 g/mol. The summed E-state index contributed by atoms with van der Waals surface area (Å²) in [5.41, 5.74) is -0.453. The molecule has 0 radical (unpaired) electrons. The van der Waals surface area contributed by atoms with Gasteiger partial charge in [-0.2, -0.15) is 0 Å². The van der Waals surface area contributed by atoms with Gasteiger partial charge in [-0.3, -0.25) is 5.32 Å². The maximum Gasteiger partial charge on any atom is 0.412 e. The van der Waals surface area contributed by atoms with Crippen LogP contribution >= 0.6 is 11.3 Å². The van der Waals surface area contributed by atoms with E-state index in [4.69, 9.17) is 4.74 Å². The highest BCUT2D eigenvalue weighted by molar-refractivity contribution is 7.16. The second kappa shape index (κ2) is 6.78. The Kier molecular flexibility index (Phi) is 5.66. The van der Waals surface area contributed by atoms with Crippen LogP contribution in [-0.2, 0) is 11.2 Å². The zero-order chi connectivity index (χ0) is 13.6. The summed E-state index contributed by atoms with van der Waals surface area (Å²) in [7, 11) is 0. The van der Waals surface area contributed by atoms with Crippen molar-refractivity contribution in [3.63, 3.8) is 0 Å². The van der Waals surface area contributed by atoms with Crippen LogP contribution in [0.2, 0.25) is 0 Å². The molecule has 3 nitrogen and oxygen atoms in total. The predicted molar refractivity (Wildman–Crippen MR) is 77.4 cm³/mol. The molecule has 1 aromatic rings. The van der Waals surface area contributed by atoms with E-state index in [9.17, 15) is 4.79 Å². The summed E-state index contributed by atoms with van der Waals surface area (Å²) in [6, 6.07) is 4.02. The second-order valence-electron chi connectivity index (χ2n) is 5.35. The number of unbranched alkanes of at least 4 members (excludes halogenated alkanes) is 2. The molecule has 0 aliphatic heterocycles. The minimum atomic E-state index is -0.453. The Labute approximate surface area is 114 Å². The van der Waals surface area contributed by atoms with Crippen molar-refractivity contribution in [2.45, 2.75) is 59.0 Å². The molecule has 0 atom stereocenters. The standard InChI is InChI=1S/C14H23NO2S/c1-5-6-7-8-11-9-10-12(18-11)15-13(16)17-14(2,3)4/h9-10H,5-8H2,1-4H3,(H,15,16). The van der Waals surface area contributed by atoms with E-state index in [-0.39, 0.29) is 6.09 Å². The zero-order valence-electron chi connectivity index (χ0n) is 11.7. The van der Waals surface area contributed by atoms with Gasteiger partial charge in [-0.05, 0) is 45.7 Å². The number of anilines is 1. The van der Waals surface area contributed by atoms with E-state index in [1.807, 2.05) is 26.8 Å². The number of ether oxygens (including phenoxy) is 1. The molecule has 1 heterocycles. The lowest BCUT2D eigenvalue weighted by atomic mass is 10.2. The van der Waals surface area contributed by atoms with E-state index < -0.39 is 5.60 Å². The second-order valence-corrected chi connectivity index (χ2v) is 6.52. The van der Waals surface area contributed by atoms with E-state index in [1.54, 1.807) is 11.3 Å². The lowest BCUT2D eigenvalue weighted by Gasteiger charge is -2.19. The lowest BCUT2D eigenvalue weighted by molar-refractivity contribution is 0.0636. The number of amides is 1. The molecule has 0 aliphatic rings. The molecule has 4 heteroatoms. The Morgan fingerprint density at radius 2 is 2.06 bits per heavy atom. The van der Waals surface area contributed by atoms with Crippen LogP contribution in [0.4, 0.5) is 9.80 Å². The first-order valence-electron chi connectivity index (χ1n) is 6.49. The topological polar surface area (TPSA) is 38.3 Å². The Hall–Kier alpha value is -1.03. The van der Waals surface area contributed by atoms with Gasteiger partial charge in [0.1, 0.15) is 5.60 Å². The van der Waals surface area contributed by atoms with E-state index in [0.29, 0.717) is 0 Å². The first-order valence-corrected chi connectivity index (χ1v) is 7.31. The molecular formula is C14H23NO2S. The summed E-state index contributed by atoms with van der Waals surface area (Å²) in [6.45, 7) is 7.77. The third-order valence-electron chi connectivity index (χ3n) is 2.31. The third-order valence-corrected chi connectivity index (χ3v) is 3.37. The minimum Gasteiger partial charge on any atom is -0.444 e. The summed E-state index contributed by atoms with van der Waals surface area (Å²) >= 11 is 1.63. The molecule has 0 aromatic carbocycles. The van der Waals surface area contributed by atoms with Crippen molar-refractivity contribution < 1.29 is 9.53 Å². The predicted octanol–water partition coefficient (Wildman–Crippen LogP) is 4.83. The quantitative estimate of drug-likeness (QED) is 0.778. The van der Waals surface area contributed by atoms with E-state index >= 15 is 0 Å². The molecular weight excluding hydrogens is 246 g/mol. The summed E-state index contributed by atoms with van der Waals surface area (Å²) in [5, 5.41) is 3.62. The van der Waals surface area contributed by atoms with Crippen LogP contribution in [0.5, 0.6) is 0 Å². The Morgan fingerprint density at radius 1 is 1.33 bits per heavy atom. The zero-order valence-corrected chi connectivity index (χ0v) is 12.5. The summed E-state index contributed by atoms with van der Waals surface area (Å²) in [5.74, 6) is 0. The van der Waals surface area contributed by atoms with Crippen molar-refractivity contribution >= 4 is 22.4 Å². The fourth-order valence-electron chi connectivity index (χ4n) is 1.53. The van der Waals surface area contributed by atoms with Crippen molar-refractivity contribution in [2.24, 2.45) is 0 Å². The van der Waals surface area contributed by atoms with Gasteiger partial charge < -0.3 is 4.74 Å². The van der Waals surface area contributed by atoms with Gasteiger partial charge in [0.15, 0.2) is 0 Å². The molecule has 0 saturated heterocycles. The van der Waals surface area contributed by atoms with E-state index in [0.717, 1.165) is 11.4 Å². The fraction of sp³-hybridized carbons (Fsp3) is 0.643. The van der Waals surface area contributed by atoms with Gasteiger partial charge in [-0.25, -0.2) is 4.79 Å². The highest BCUT2D eigenvalue weighted by Crippen LogP contribution is 2.24. The molecule has 0 unspecified atom stereocenters. The average molecular weight is 269 g/mol. The van der Waals surface area contributed by atoms with Crippen molar-refractivity contribution in [3.8, 4) is 0 Å². The van der Waals surface area contributed by atoms with Gasteiger partial charge in [0.05, 0.1) is 5.00 Å². The number of rotatable bonds is 5. The van der Waals surface area contributed by atoms with Crippen LogP contribution in [0.15, 0.2) is 12.1 Å². The normalized spacial score (nSPS) is 11.3. The average Bonchev–Trinajstić information content (AvgIpc) is 2.63. The summed E-state index contributed by atoms with van der Waals surface area (Å²) in [4.78, 5) is 12.9. The van der Waals surface area contributed by atoms with Crippen LogP contribution in [0, 0.1) is 0 Å². The van der Waals surface area contributed by atoms with Crippen molar-refractivity contribution in [2.75, 3.05) is 5.32 Å². The molecule has 102 valence electrons. The largest absolute Gasteiger partial charge is 0.444 e. The van der Waals surface area contributed by atoms with Gasteiger partial charge in [0.2, 0.25) is 0 Å². The molecule has 0 spiro atoms. The fourth-order valence-corrected chi connectivity index (χ4v) is 2.47. The molecule has 0 saturated carbocycles. The number of carbonyl (C=O) groups is 1. The lowest BCUT2D eigenvalue weighted by Crippen LogP contribution is -2.26. The highest BCUT2D eigenvalue weighted by Gasteiger charge is 2.16. The maximum absolute atomic E-state index is 11.6. The molecule has 1 rings (SSSR count). The summed E-state index contributed by atoms with van der Waals surface area (Å²) in [6.07, 6.45) is 4.41. The SMILES string of the molecule is CCCCCc1ccc(NC(=O)OC(C)(C)C)s1. The van der Waals surface area contributed by atoms with Gasteiger partial charge in [0.25, 0.3) is 0 Å². The number of thiophene rings is 1. The van der Waals surface area contributed by atoms with Crippen LogP contribution in [0.1, 0.15) is 51.8 Å². The van der Waals surface area contributed by atoms with E-state index in [2.05, 4.69) is 18.3 Å². The highest BCUT2D eigenvalue weighted by atomic mass is 32.1. The van der Waals surface area contributed by atoms with Gasteiger partial charge in [-0.1, -0.05) is 19.8 Å². The minimum absolute atomic E-state index is 0.385. The maximum atomic E-state index is 11.6. The van der Waals surface area contributed by atoms with Gasteiger partial charge in [0, 0.05) is 4.88 Å². The molecule has 0 fully saturated rings. The third kappa shape index (κ3) is 6.05. The Bertz CT molecular complexity index is 379. The molecule has 1 aromatic heterocycles. The molecule has 18 heavy (non-hydrogen) atoms. The molecule has 0 bridgehead atoms. The van der Waals surface area contributed by atoms with Crippen molar-refractivity contribution in [1.82, 2.24) is 0 Å². The van der Waals surface area contributed by atoms with Crippen LogP contribution in [0.3, 0.4) is 0 Å². The number of nitrogens with one attached hydrogen (secondary N) is 1. The Morgan fingerprint density at radius 3 is 2.67 bits per heavy atom. The summed E-state index contributed by atoms with van der Waals surface area (Å²) < 4.78 is 5.21. The number of aryl methyl sites for hydroxylation is 1. The Balaban J connectivity index is 2.41. The molecule has 0 aliphatic carbocycles. The first-order chi connectivity index (χ1) is 8.40. The van der Waals surface area contributed by atoms with Crippen molar-refractivity contribution in [3.05, 3.63) is 17.0 Å². The van der Waals surface area contributed by atoms with Gasteiger partial charge >= 0.3 is 6.09 Å². The van der Waals surface area contributed by atoms with Crippen LogP contribution < -0.4 is 5.32 Å². The van der Waals surface area contributed by atoms with Crippen LogP contribution in [0.25, 0.3) is 0 Å². The number of hydrogen-bond donors (Lipinski definition) is 1. The number of hydrogen-bond acceptors (Lipinski definition) is 3. The molecule has 1 N–H and O–H groups in total.